The van der Waals surface area contributed by atoms with Crippen molar-refractivity contribution in [2.75, 3.05) is 26.2 Å². The van der Waals surface area contributed by atoms with Gasteiger partial charge in [0.2, 0.25) is 0 Å². The van der Waals surface area contributed by atoms with Crippen LogP contribution in [-0.2, 0) is 0 Å². The molecule has 4 nitrogen and oxygen atoms in total. The summed E-state index contributed by atoms with van der Waals surface area (Å²) in [7, 11) is 0. The maximum absolute atomic E-state index is 13.9. The molecular formula is C17H20FN3OS. The van der Waals surface area contributed by atoms with Gasteiger partial charge in [-0.25, -0.2) is 9.37 Å². The Balaban J connectivity index is 1.63. The van der Waals surface area contributed by atoms with Crippen molar-refractivity contribution in [1.29, 1.82) is 0 Å². The highest BCUT2D eigenvalue weighted by atomic mass is 32.1. The number of piperazine rings is 1. The molecule has 1 amide bonds. The van der Waals surface area contributed by atoms with E-state index >= 15 is 0 Å². The Morgan fingerprint density at radius 1 is 1.26 bits per heavy atom. The predicted octanol–water partition coefficient (Wildman–Crippen LogP) is 3.11. The summed E-state index contributed by atoms with van der Waals surface area (Å²) in [5, 5.41) is 0. The van der Waals surface area contributed by atoms with E-state index in [2.05, 4.69) is 9.88 Å². The molecule has 3 rings (SSSR count). The Morgan fingerprint density at radius 2 is 1.96 bits per heavy atom. The maximum Gasteiger partial charge on any atom is 0.265 e. The zero-order chi connectivity index (χ0) is 16.4. The maximum atomic E-state index is 13.9. The molecule has 6 heteroatoms. The highest BCUT2D eigenvalue weighted by molar-refractivity contribution is 7.11. The van der Waals surface area contributed by atoms with Gasteiger partial charge in [0.25, 0.3) is 5.91 Å². The largest absolute Gasteiger partial charge is 0.335 e. The van der Waals surface area contributed by atoms with Crippen molar-refractivity contribution in [3.05, 3.63) is 51.7 Å². The normalized spacial score (nSPS) is 17.3. The zero-order valence-electron chi connectivity index (χ0n) is 13.3. The molecule has 122 valence electrons. The lowest BCUT2D eigenvalue weighted by Gasteiger charge is -2.38. The third-order valence-electron chi connectivity index (χ3n) is 4.44. The molecule has 1 aliphatic rings. The van der Waals surface area contributed by atoms with E-state index in [1.54, 1.807) is 11.6 Å². The van der Waals surface area contributed by atoms with Gasteiger partial charge >= 0.3 is 0 Å². The monoisotopic (exact) mass is 333 g/mol. The van der Waals surface area contributed by atoms with Crippen LogP contribution in [0.3, 0.4) is 0 Å². The molecule has 0 aliphatic carbocycles. The number of hydrogen-bond donors (Lipinski definition) is 0. The van der Waals surface area contributed by atoms with Crippen LogP contribution in [0.4, 0.5) is 4.39 Å². The van der Waals surface area contributed by atoms with Gasteiger partial charge in [0.05, 0.1) is 11.2 Å². The van der Waals surface area contributed by atoms with E-state index < -0.39 is 0 Å². The molecule has 1 fully saturated rings. The number of carbonyl (C=O) groups is 1. The van der Waals surface area contributed by atoms with Gasteiger partial charge in [0.1, 0.15) is 10.7 Å². The molecule has 2 heterocycles. The van der Waals surface area contributed by atoms with Crippen LogP contribution in [0.25, 0.3) is 0 Å². The quantitative estimate of drug-likeness (QED) is 0.866. The SMILES string of the molecule is Cc1ncsc1C(=O)N1CCN([C@@H](C)c2ccccc2F)CC1. The second-order valence-corrected chi connectivity index (χ2v) is 6.65. The summed E-state index contributed by atoms with van der Waals surface area (Å²) >= 11 is 1.39. The first-order valence-electron chi connectivity index (χ1n) is 7.75. The average molecular weight is 333 g/mol. The number of amides is 1. The molecule has 2 aromatic rings. The third kappa shape index (κ3) is 3.28. The van der Waals surface area contributed by atoms with Crippen LogP contribution in [0, 0.1) is 12.7 Å². The van der Waals surface area contributed by atoms with Crippen LogP contribution in [0.2, 0.25) is 0 Å². The zero-order valence-corrected chi connectivity index (χ0v) is 14.1. The molecule has 0 saturated carbocycles. The van der Waals surface area contributed by atoms with Gasteiger partial charge in [0.15, 0.2) is 0 Å². The van der Waals surface area contributed by atoms with E-state index in [1.165, 1.54) is 17.4 Å². The Hall–Kier alpha value is -1.79. The van der Waals surface area contributed by atoms with Gasteiger partial charge in [-0.15, -0.1) is 11.3 Å². The highest BCUT2D eigenvalue weighted by Crippen LogP contribution is 2.24. The van der Waals surface area contributed by atoms with E-state index in [1.807, 2.05) is 30.9 Å². The first kappa shape index (κ1) is 16.1. The van der Waals surface area contributed by atoms with Gasteiger partial charge in [-0.3, -0.25) is 9.69 Å². The standard InChI is InChI=1S/C17H20FN3OS/c1-12-16(23-11-19-12)17(22)21-9-7-20(8-10-21)13(2)14-5-3-4-6-15(14)18/h3-6,11,13H,7-10H2,1-2H3/t13-/m0/s1. The molecular weight excluding hydrogens is 313 g/mol. The lowest BCUT2D eigenvalue weighted by atomic mass is 10.1. The van der Waals surface area contributed by atoms with Gasteiger partial charge in [-0.1, -0.05) is 18.2 Å². The number of benzene rings is 1. The summed E-state index contributed by atoms with van der Waals surface area (Å²) in [5.41, 5.74) is 3.21. The summed E-state index contributed by atoms with van der Waals surface area (Å²) < 4.78 is 13.9. The average Bonchev–Trinajstić information content (AvgIpc) is 3.00. The third-order valence-corrected chi connectivity index (χ3v) is 5.36. The van der Waals surface area contributed by atoms with Crippen LogP contribution < -0.4 is 0 Å². The summed E-state index contributed by atoms with van der Waals surface area (Å²) in [5.74, 6) is -0.109. The Morgan fingerprint density at radius 3 is 2.57 bits per heavy atom. The van der Waals surface area contributed by atoms with E-state index in [0.29, 0.717) is 18.7 Å². The number of carbonyl (C=O) groups excluding carboxylic acids is 1. The number of hydrogen-bond acceptors (Lipinski definition) is 4. The van der Waals surface area contributed by atoms with Crippen molar-refractivity contribution in [1.82, 2.24) is 14.8 Å². The van der Waals surface area contributed by atoms with Gasteiger partial charge < -0.3 is 4.90 Å². The second kappa shape index (κ2) is 6.76. The lowest BCUT2D eigenvalue weighted by Crippen LogP contribution is -2.49. The van der Waals surface area contributed by atoms with E-state index in [-0.39, 0.29) is 17.8 Å². The summed E-state index contributed by atoms with van der Waals surface area (Å²) in [6.45, 7) is 6.70. The van der Waals surface area contributed by atoms with Gasteiger partial charge in [0, 0.05) is 37.8 Å². The van der Waals surface area contributed by atoms with Crippen molar-refractivity contribution >= 4 is 17.2 Å². The number of aromatic nitrogens is 1. The Bertz CT molecular complexity index is 695. The Labute approximate surface area is 139 Å². The molecule has 0 unspecified atom stereocenters. The predicted molar refractivity (Wildman–Crippen MR) is 89.1 cm³/mol. The van der Waals surface area contributed by atoms with Crippen LogP contribution in [0.5, 0.6) is 0 Å². The molecule has 23 heavy (non-hydrogen) atoms. The smallest absolute Gasteiger partial charge is 0.265 e. The van der Waals surface area contributed by atoms with Crippen LogP contribution in [0.15, 0.2) is 29.8 Å². The summed E-state index contributed by atoms with van der Waals surface area (Å²) in [6, 6.07) is 6.91. The molecule has 1 saturated heterocycles. The van der Waals surface area contributed by atoms with Crippen molar-refractivity contribution in [3.63, 3.8) is 0 Å². The molecule has 1 aromatic heterocycles. The number of aryl methyl sites for hydroxylation is 1. The van der Waals surface area contributed by atoms with Gasteiger partial charge in [-0.05, 0) is 19.9 Å². The first-order valence-corrected chi connectivity index (χ1v) is 8.63. The first-order chi connectivity index (χ1) is 11.1. The van der Waals surface area contributed by atoms with Crippen LogP contribution in [-0.4, -0.2) is 46.9 Å². The molecule has 0 radical (unpaired) electrons. The van der Waals surface area contributed by atoms with Crippen molar-refractivity contribution in [2.45, 2.75) is 19.9 Å². The van der Waals surface area contributed by atoms with Crippen LogP contribution >= 0.6 is 11.3 Å². The molecule has 0 spiro atoms. The molecule has 1 atom stereocenters. The molecule has 0 bridgehead atoms. The van der Waals surface area contributed by atoms with Crippen molar-refractivity contribution in [2.24, 2.45) is 0 Å². The minimum atomic E-state index is -0.168. The van der Waals surface area contributed by atoms with Gasteiger partial charge in [-0.2, -0.15) is 0 Å². The Kier molecular flexibility index (Phi) is 4.73. The summed E-state index contributed by atoms with van der Waals surface area (Å²) in [4.78, 5) is 21.5. The number of thiazole rings is 1. The second-order valence-electron chi connectivity index (χ2n) is 5.79. The molecule has 0 N–H and O–H groups in total. The summed E-state index contributed by atoms with van der Waals surface area (Å²) in [6.07, 6.45) is 0. The topological polar surface area (TPSA) is 36.4 Å². The fourth-order valence-corrected chi connectivity index (χ4v) is 3.74. The van der Waals surface area contributed by atoms with E-state index in [9.17, 15) is 9.18 Å². The number of halogens is 1. The van der Waals surface area contributed by atoms with E-state index in [0.717, 1.165) is 23.7 Å². The van der Waals surface area contributed by atoms with Crippen LogP contribution in [0.1, 0.15) is 33.9 Å². The highest BCUT2D eigenvalue weighted by Gasteiger charge is 2.27. The molecule has 1 aliphatic heterocycles. The van der Waals surface area contributed by atoms with Crippen molar-refractivity contribution in [3.8, 4) is 0 Å². The minimum Gasteiger partial charge on any atom is -0.335 e. The van der Waals surface area contributed by atoms with Crippen molar-refractivity contribution < 1.29 is 9.18 Å². The number of rotatable bonds is 3. The fourth-order valence-electron chi connectivity index (χ4n) is 2.97. The number of nitrogens with zero attached hydrogens (tertiary/aromatic N) is 3. The minimum absolute atomic E-state index is 0.0126. The molecule has 1 aromatic carbocycles. The lowest BCUT2D eigenvalue weighted by molar-refractivity contribution is 0.0582. The fraction of sp³-hybridized carbons (Fsp3) is 0.412. The van der Waals surface area contributed by atoms with E-state index in [4.69, 9.17) is 0 Å².